The molecule has 1 aliphatic carbocycles. The minimum Gasteiger partial charge on any atom is -0.349 e. The number of hydrogen-bond donors (Lipinski definition) is 2. The highest BCUT2D eigenvalue weighted by Crippen LogP contribution is 2.32. The van der Waals surface area contributed by atoms with Crippen molar-refractivity contribution in [2.75, 3.05) is 0 Å². The largest absolute Gasteiger partial charge is 0.349 e. The van der Waals surface area contributed by atoms with Crippen molar-refractivity contribution < 1.29 is 4.79 Å². The van der Waals surface area contributed by atoms with Gasteiger partial charge in [0.2, 0.25) is 5.91 Å². The van der Waals surface area contributed by atoms with Gasteiger partial charge < -0.3 is 11.1 Å². The molecule has 3 unspecified atom stereocenters. The Hall–Kier alpha value is -0.580. The van der Waals surface area contributed by atoms with E-state index in [2.05, 4.69) is 21.2 Å². The van der Waals surface area contributed by atoms with Crippen LogP contribution in [0.25, 0.3) is 0 Å². The second-order valence-electron chi connectivity index (χ2n) is 6.06. The maximum Gasteiger partial charge on any atom is 0.225 e. The maximum atomic E-state index is 12.5. The summed E-state index contributed by atoms with van der Waals surface area (Å²) in [6.45, 7) is 4.01. The van der Waals surface area contributed by atoms with Crippen molar-refractivity contribution in [3.05, 3.63) is 34.3 Å². The van der Waals surface area contributed by atoms with E-state index in [9.17, 15) is 4.79 Å². The molecule has 1 fully saturated rings. The Morgan fingerprint density at radius 3 is 2.71 bits per heavy atom. The van der Waals surface area contributed by atoms with Gasteiger partial charge in [0, 0.05) is 10.0 Å². The number of rotatable bonds is 3. The molecule has 3 nitrogen and oxygen atoms in total. The van der Waals surface area contributed by atoms with E-state index < -0.39 is 0 Å². The number of benzene rings is 1. The number of hydrogen-bond acceptors (Lipinski definition) is 2. The van der Waals surface area contributed by atoms with Crippen molar-refractivity contribution in [2.24, 2.45) is 11.7 Å². The van der Waals surface area contributed by atoms with E-state index in [0.717, 1.165) is 35.7 Å². The first-order valence-electron chi connectivity index (χ1n) is 7.25. The van der Waals surface area contributed by atoms with Crippen molar-refractivity contribution >= 4 is 34.2 Å². The summed E-state index contributed by atoms with van der Waals surface area (Å²) in [6.07, 6.45) is 4.03. The van der Waals surface area contributed by atoms with E-state index in [1.54, 1.807) is 0 Å². The number of nitrogens with one attached hydrogen (secondary N) is 1. The fourth-order valence-corrected chi connectivity index (χ4v) is 3.64. The summed E-state index contributed by atoms with van der Waals surface area (Å²) in [5.74, 6) is -0.000796. The first kappa shape index (κ1) is 18.5. The Balaban J connectivity index is 0.00000220. The normalized spacial score (nSPS) is 26.6. The average molecular weight is 376 g/mol. The second-order valence-corrected chi connectivity index (χ2v) is 6.91. The van der Waals surface area contributed by atoms with Crippen LogP contribution in [0.4, 0.5) is 0 Å². The van der Waals surface area contributed by atoms with Crippen LogP contribution in [0.15, 0.2) is 28.7 Å². The molecule has 5 heteroatoms. The summed E-state index contributed by atoms with van der Waals surface area (Å²) in [7, 11) is 0. The zero-order valence-corrected chi connectivity index (χ0v) is 15.0. The molecule has 21 heavy (non-hydrogen) atoms. The molecule has 0 aromatic heterocycles. The van der Waals surface area contributed by atoms with Gasteiger partial charge in [0.25, 0.3) is 0 Å². The number of halogens is 2. The highest BCUT2D eigenvalue weighted by atomic mass is 79.9. The number of carbonyl (C=O) groups is 1. The van der Waals surface area contributed by atoms with E-state index in [4.69, 9.17) is 5.73 Å². The van der Waals surface area contributed by atoms with E-state index in [1.807, 2.05) is 38.1 Å². The third-order valence-corrected chi connectivity index (χ3v) is 5.02. The van der Waals surface area contributed by atoms with Crippen LogP contribution in [0.1, 0.15) is 51.1 Å². The molecule has 1 aliphatic rings. The third-order valence-electron chi connectivity index (χ3n) is 4.30. The van der Waals surface area contributed by atoms with Crippen LogP contribution < -0.4 is 11.1 Å². The molecule has 3 atom stereocenters. The molecule has 1 amide bonds. The second kappa shape index (κ2) is 7.61. The smallest absolute Gasteiger partial charge is 0.225 e. The van der Waals surface area contributed by atoms with Crippen molar-refractivity contribution in [3.63, 3.8) is 0 Å². The Kier molecular flexibility index (Phi) is 6.70. The van der Waals surface area contributed by atoms with Crippen molar-refractivity contribution in [1.29, 1.82) is 0 Å². The molecule has 0 radical (unpaired) electrons. The molecule has 118 valence electrons. The van der Waals surface area contributed by atoms with Crippen LogP contribution in [-0.2, 0) is 4.79 Å². The SMILES string of the molecule is CC(NC(=O)C1CCCCC1(C)N)c1ccccc1Br.Cl. The van der Waals surface area contributed by atoms with Gasteiger partial charge in [0.1, 0.15) is 0 Å². The van der Waals surface area contributed by atoms with Crippen molar-refractivity contribution in [3.8, 4) is 0 Å². The third kappa shape index (κ3) is 4.44. The predicted molar refractivity (Wildman–Crippen MR) is 92.5 cm³/mol. The number of nitrogens with two attached hydrogens (primary N) is 1. The van der Waals surface area contributed by atoms with E-state index in [-0.39, 0.29) is 35.8 Å². The topological polar surface area (TPSA) is 55.1 Å². The van der Waals surface area contributed by atoms with Gasteiger partial charge in [-0.3, -0.25) is 4.79 Å². The molecule has 1 saturated carbocycles. The zero-order chi connectivity index (χ0) is 14.8. The van der Waals surface area contributed by atoms with Gasteiger partial charge in [0.05, 0.1) is 12.0 Å². The summed E-state index contributed by atoms with van der Waals surface area (Å²) in [6, 6.07) is 7.95. The molecule has 0 aliphatic heterocycles. The molecule has 0 saturated heterocycles. The Morgan fingerprint density at radius 2 is 2.10 bits per heavy atom. The molecule has 1 aromatic carbocycles. The quantitative estimate of drug-likeness (QED) is 0.840. The molecular formula is C16H24BrClN2O. The van der Waals surface area contributed by atoms with Gasteiger partial charge in [-0.15, -0.1) is 12.4 Å². The van der Waals surface area contributed by atoms with Crippen molar-refractivity contribution in [1.82, 2.24) is 5.32 Å². The summed E-state index contributed by atoms with van der Waals surface area (Å²) in [5.41, 5.74) is 7.01. The van der Waals surface area contributed by atoms with Crippen molar-refractivity contribution in [2.45, 2.75) is 51.1 Å². The highest BCUT2D eigenvalue weighted by Gasteiger charge is 2.38. The average Bonchev–Trinajstić information content (AvgIpc) is 2.38. The van der Waals surface area contributed by atoms with E-state index in [1.165, 1.54) is 0 Å². The summed E-state index contributed by atoms with van der Waals surface area (Å²) in [4.78, 5) is 12.5. The lowest BCUT2D eigenvalue weighted by Crippen LogP contribution is -2.53. The van der Waals surface area contributed by atoms with E-state index >= 15 is 0 Å². The maximum absolute atomic E-state index is 12.5. The van der Waals surface area contributed by atoms with Gasteiger partial charge in [-0.1, -0.05) is 47.0 Å². The fraction of sp³-hybridized carbons (Fsp3) is 0.562. The first-order valence-corrected chi connectivity index (χ1v) is 8.05. The molecule has 1 aromatic rings. The minimum absolute atomic E-state index is 0. The summed E-state index contributed by atoms with van der Waals surface area (Å²) >= 11 is 3.53. The molecule has 3 N–H and O–H groups in total. The summed E-state index contributed by atoms with van der Waals surface area (Å²) in [5, 5.41) is 3.11. The Bertz CT molecular complexity index is 493. The van der Waals surface area contributed by atoms with Crippen LogP contribution in [0, 0.1) is 5.92 Å². The van der Waals surface area contributed by atoms with Gasteiger partial charge in [-0.05, 0) is 38.3 Å². The van der Waals surface area contributed by atoms with E-state index in [0.29, 0.717) is 0 Å². The predicted octanol–water partition coefficient (Wildman–Crippen LogP) is 3.96. The van der Waals surface area contributed by atoms with Crippen LogP contribution in [-0.4, -0.2) is 11.4 Å². The monoisotopic (exact) mass is 374 g/mol. The molecular weight excluding hydrogens is 352 g/mol. The fourth-order valence-electron chi connectivity index (χ4n) is 3.01. The minimum atomic E-state index is -0.379. The molecule has 0 spiro atoms. The number of amides is 1. The Morgan fingerprint density at radius 1 is 1.43 bits per heavy atom. The summed E-state index contributed by atoms with van der Waals surface area (Å²) < 4.78 is 1.02. The molecule has 0 bridgehead atoms. The van der Waals surface area contributed by atoms with Gasteiger partial charge >= 0.3 is 0 Å². The Labute approximate surface area is 141 Å². The number of carbonyl (C=O) groups excluding carboxylic acids is 1. The lowest BCUT2D eigenvalue weighted by atomic mass is 9.74. The van der Waals surface area contributed by atoms with Gasteiger partial charge in [-0.2, -0.15) is 0 Å². The van der Waals surface area contributed by atoms with Gasteiger partial charge in [0.15, 0.2) is 0 Å². The van der Waals surface area contributed by atoms with Crippen LogP contribution in [0.3, 0.4) is 0 Å². The van der Waals surface area contributed by atoms with Crippen LogP contribution >= 0.6 is 28.3 Å². The van der Waals surface area contributed by atoms with Crippen LogP contribution in [0.2, 0.25) is 0 Å². The zero-order valence-electron chi connectivity index (χ0n) is 12.6. The first-order chi connectivity index (χ1) is 9.42. The molecule has 2 rings (SSSR count). The lowest BCUT2D eigenvalue weighted by molar-refractivity contribution is -0.128. The lowest BCUT2D eigenvalue weighted by Gasteiger charge is -2.37. The van der Waals surface area contributed by atoms with Crippen LogP contribution in [0.5, 0.6) is 0 Å². The molecule has 0 heterocycles. The van der Waals surface area contributed by atoms with Gasteiger partial charge in [-0.25, -0.2) is 0 Å². The highest BCUT2D eigenvalue weighted by molar-refractivity contribution is 9.10. The standard InChI is InChI=1S/C16H23BrN2O.ClH/c1-11(12-7-3-4-9-14(12)17)19-15(20)13-8-5-6-10-16(13,2)18;/h3-4,7,9,11,13H,5-6,8,10,18H2,1-2H3,(H,19,20);1H.